The predicted molar refractivity (Wildman–Crippen MR) is 78.4 cm³/mol. The van der Waals surface area contributed by atoms with Gasteiger partial charge in [0, 0.05) is 37.5 Å². The first kappa shape index (κ1) is 15.2. The Bertz CT molecular complexity index is 547. The number of aliphatic hydroxyl groups is 1. The van der Waals surface area contributed by atoms with E-state index in [9.17, 15) is 20.0 Å². The highest BCUT2D eigenvalue weighted by molar-refractivity contribution is 6.00. The highest BCUT2D eigenvalue weighted by Gasteiger charge is 2.28. The second kappa shape index (κ2) is 6.53. The van der Waals surface area contributed by atoms with Crippen LogP contribution < -0.4 is 5.32 Å². The van der Waals surface area contributed by atoms with E-state index in [1.54, 1.807) is 6.07 Å². The van der Waals surface area contributed by atoms with Crippen LogP contribution in [0.4, 0.5) is 11.4 Å². The molecular formula is C14H19N3O4. The summed E-state index contributed by atoms with van der Waals surface area (Å²) in [6.07, 6.45) is 0.908. The molecule has 2 N–H and O–H groups in total. The minimum atomic E-state index is -0.515. The van der Waals surface area contributed by atoms with Crippen LogP contribution in [0, 0.1) is 10.1 Å². The fourth-order valence-corrected chi connectivity index (χ4v) is 2.33. The first-order valence-electron chi connectivity index (χ1n) is 7.02. The Hall–Kier alpha value is -2.15. The number of amides is 1. The molecule has 21 heavy (non-hydrogen) atoms. The van der Waals surface area contributed by atoms with Crippen molar-refractivity contribution in [1.29, 1.82) is 0 Å². The standard InChI is InChI=1S/C14H19N3O4/c1-2-6-15-13-4-3-10(17(20)21)8-12(13)14(19)16-7-5-11(18)9-16/h3-4,8,11,15,18H,2,5-7,9H2,1H3. The molecule has 1 atom stereocenters. The smallest absolute Gasteiger partial charge is 0.270 e. The van der Waals surface area contributed by atoms with Crippen LogP contribution in [0.1, 0.15) is 30.1 Å². The van der Waals surface area contributed by atoms with Gasteiger partial charge < -0.3 is 15.3 Å². The van der Waals surface area contributed by atoms with Crippen molar-refractivity contribution >= 4 is 17.3 Å². The lowest BCUT2D eigenvalue weighted by molar-refractivity contribution is -0.384. The Morgan fingerprint density at radius 1 is 1.57 bits per heavy atom. The highest BCUT2D eigenvalue weighted by atomic mass is 16.6. The van der Waals surface area contributed by atoms with Crippen molar-refractivity contribution in [3.8, 4) is 0 Å². The van der Waals surface area contributed by atoms with Gasteiger partial charge in [0.1, 0.15) is 0 Å². The van der Waals surface area contributed by atoms with Crippen LogP contribution in [0.15, 0.2) is 18.2 Å². The quantitative estimate of drug-likeness (QED) is 0.635. The Kier molecular flexibility index (Phi) is 4.74. The van der Waals surface area contributed by atoms with Gasteiger partial charge in [-0.25, -0.2) is 0 Å². The molecule has 1 saturated heterocycles. The van der Waals surface area contributed by atoms with E-state index in [0.29, 0.717) is 25.2 Å². The van der Waals surface area contributed by atoms with Gasteiger partial charge in [0.05, 0.1) is 16.6 Å². The normalized spacial score (nSPS) is 17.8. The van der Waals surface area contributed by atoms with Crippen molar-refractivity contribution in [1.82, 2.24) is 4.90 Å². The van der Waals surface area contributed by atoms with Gasteiger partial charge >= 0.3 is 0 Å². The maximum absolute atomic E-state index is 12.5. The van der Waals surface area contributed by atoms with Crippen molar-refractivity contribution < 1.29 is 14.8 Å². The van der Waals surface area contributed by atoms with Gasteiger partial charge in [-0.2, -0.15) is 0 Å². The van der Waals surface area contributed by atoms with Crippen molar-refractivity contribution in [2.45, 2.75) is 25.9 Å². The molecular weight excluding hydrogens is 274 g/mol. The van der Waals surface area contributed by atoms with Crippen LogP contribution in [-0.4, -0.2) is 46.6 Å². The van der Waals surface area contributed by atoms with Crippen LogP contribution >= 0.6 is 0 Å². The summed E-state index contributed by atoms with van der Waals surface area (Å²) in [5, 5.41) is 23.5. The monoisotopic (exact) mass is 293 g/mol. The third kappa shape index (κ3) is 3.49. The number of aliphatic hydroxyl groups excluding tert-OH is 1. The molecule has 1 aliphatic heterocycles. The topological polar surface area (TPSA) is 95.7 Å². The molecule has 7 heteroatoms. The van der Waals surface area contributed by atoms with Crippen LogP contribution in [-0.2, 0) is 0 Å². The number of nitro benzene ring substituents is 1. The summed E-state index contributed by atoms with van der Waals surface area (Å²) in [4.78, 5) is 24.4. The SMILES string of the molecule is CCCNc1ccc([N+](=O)[O-])cc1C(=O)N1CCC(O)C1. The van der Waals surface area contributed by atoms with Gasteiger partial charge in [0.15, 0.2) is 0 Å². The van der Waals surface area contributed by atoms with Gasteiger partial charge in [-0.05, 0) is 18.9 Å². The number of carbonyl (C=O) groups excluding carboxylic acids is 1. The van der Waals surface area contributed by atoms with Crippen LogP contribution in [0.2, 0.25) is 0 Å². The fourth-order valence-electron chi connectivity index (χ4n) is 2.33. The number of benzene rings is 1. The van der Waals surface area contributed by atoms with E-state index < -0.39 is 11.0 Å². The molecule has 0 aliphatic carbocycles. The number of anilines is 1. The molecule has 1 amide bonds. The summed E-state index contributed by atoms with van der Waals surface area (Å²) in [6, 6.07) is 4.24. The minimum Gasteiger partial charge on any atom is -0.391 e. The average Bonchev–Trinajstić information content (AvgIpc) is 2.90. The van der Waals surface area contributed by atoms with Gasteiger partial charge in [0.2, 0.25) is 0 Å². The minimum absolute atomic E-state index is 0.111. The number of nitrogens with one attached hydrogen (secondary N) is 1. The van der Waals surface area contributed by atoms with Crippen molar-refractivity contribution in [3.05, 3.63) is 33.9 Å². The predicted octanol–water partition coefficient (Wildman–Crippen LogP) is 1.62. The van der Waals surface area contributed by atoms with Crippen molar-refractivity contribution in [3.63, 3.8) is 0 Å². The lowest BCUT2D eigenvalue weighted by Crippen LogP contribution is -2.30. The second-order valence-corrected chi connectivity index (χ2v) is 5.11. The summed E-state index contributed by atoms with van der Waals surface area (Å²) in [6.45, 7) is 3.42. The lowest BCUT2D eigenvalue weighted by Gasteiger charge is -2.18. The molecule has 0 radical (unpaired) electrons. The van der Waals surface area contributed by atoms with Gasteiger partial charge in [-0.3, -0.25) is 14.9 Å². The number of hydrogen-bond acceptors (Lipinski definition) is 5. The summed E-state index contributed by atoms with van der Waals surface area (Å²) in [5.74, 6) is -0.283. The summed E-state index contributed by atoms with van der Waals surface area (Å²) in [7, 11) is 0. The molecule has 2 rings (SSSR count). The maximum atomic E-state index is 12.5. The zero-order valence-corrected chi connectivity index (χ0v) is 11.9. The van der Waals surface area contributed by atoms with Crippen LogP contribution in [0.25, 0.3) is 0 Å². The second-order valence-electron chi connectivity index (χ2n) is 5.11. The molecule has 1 heterocycles. The number of likely N-dealkylation sites (tertiary alicyclic amines) is 1. The average molecular weight is 293 g/mol. The first-order chi connectivity index (χ1) is 10.0. The number of rotatable bonds is 5. The number of hydrogen-bond donors (Lipinski definition) is 2. The van der Waals surface area contributed by atoms with E-state index in [4.69, 9.17) is 0 Å². The molecule has 1 aliphatic rings. The summed E-state index contributed by atoms with van der Waals surface area (Å²) < 4.78 is 0. The van der Waals surface area contributed by atoms with Crippen LogP contribution in [0.5, 0.6) is 0 Å². The molecule has 0 aromatic heterocycles. The van der Waals surface area contributed by atoms with Gasteiger partial charge in [-0.15, -0.1) is 0 Å². The summed E-state index contributed by atoms with van der Waals surface area (Å²) in [5.41, 5.74) is 0.765. The van der Waals surface area contributed by atoms with E-state index in [0.717, 1.165) is 6.42 Å². The molecule has 1 fully saturated rings. The van der Waals surface area contributed by atoms with E-state index in [1.807, 2.05) is 6.92 Å². The first-order valence-corrected chi connectivity index (χ1v) is 7.02. The van der Waals surface area contributed by atoms with E-state index in [1.165, 1.54) is 17.0 Å². The number of β-amino-alcohol motifs (C(OH)–C–C–N with tert-alkyl or cyclic N) is 1. The molecule has 7 nitrogen and oxygen atoms in total. The Balaban J connectivity index is 2.30. The van der Waals surface area contributed by atoms with Gasteiger partial charge in [0.25, 0.3) is 11.6 Å². The van der Waals surface area contributed by atoms with E-state index in [-0.39, 0.29) is 23.7 Å². The summed E-state index contributed by atoms with van der Waals surface area (Å²) >= 11 is 0. The maximum Gasteiger partial charge on any atom is 0.270 e. The number of nitrogens with zero attached hydrogens (tertiary/aromatic N) is 2. The molecule has 1 aromatic carbocycles. The van der Waals surface area contributed by atoms with E-state index >= 15 is 0 Å². The van der Waals surface area contributed by atoms with Crippen molar-refractivity contribution in [2.75, 3.05) is 25.0 Å². The zero-order valence-electron chi connectivity index (χ0n) is 11.9. The van der Waals surface area contributed by atoms with E-state index in [2.05, 4.69) is 5.32 Å². The third-order valence-electron chi connectivity index (χ3n) is 3.46. The van der Waals surface area contributed by atoms with Gasteiger partial charge in [-0.1, -0.05) is 6.92 Å². The number of carbonyl (C=O) groups is 1. The Labute approximate surface area is 122 Å². The zero-order chi connectivity index (χ0) is 15.4. The van der Waals surface area contributed by atoms with Crippen LogP contribution in [0.3, 0.4) is 0 Å². The van der Waals surface area contributed by atoms with Crippen molar-refractivity contribution in [2.24, 2.45) is 0 Å². The fraction of sp³-hybridized carbons (Fsp3) is 0.500. The molecule has 1 unspecified atom stereocenters. The highest BCUT2D eigenvalue weighted by Crippen LogP contribution is 2.25. The lowest BCUT2D eigenvalue weighted by atomic mass is 10.1. The molecule has 0 saturated carbocycles. The largest absolute Gasteiger partial charge is 0.391 e. The third-order valence-corrected chi connectivity index (χ3v) is 3.46. The molecule has 114 valence electrons. The molecule has 1 aromatic rings. The molecule has 0 spiro atoms. The number of non-ortho nitro benzene ring substituents is 1. The number of nitro groups is 1. The Morgan fingerprint density at radius 2 is 2.33 bits per heavy atom. The molecule has 0 bridgehead atoms. The Morgan fingerprint density at radius 3 is 2.90 bits per heavy atom.